The van der Waals surface area contributed by atoms with Crippen molar-refractivity contribution in [1.29, 1.82) is 0 Å². The Bertz CT molecular complexity index is 373. The van der Waals surface area contributed by atoms with Crippen LogP contribution in [0.5, 0.6) is 0 Å². The van der Waals surface area contributed by atoms with Crippen molar-refractivity contribution in [3.63, 3.8) is 0 Å². The molecular formula is C13H24N2O3S. The van der Waals surface area contributed by atoms with Gasteiger partial charge in [-0.05, 0) is 41.5 Å². The first-order valence-electron chi connectivity index (χ1n) is 6.15. The minimum absolute atomic E-state index is 0.138. The van der Waals surface area contributed by atoms with E-state index in [0.717, 1.165) is 0 Å². The molecule has 0 aromatic rings. The first kappa shape index (κ1) is 18.0. The Kier molecular flexibility index (Phi) is 6.09. The van der Waals surface area contributed by atoms with Crippen LogP contribution in [-0.4, -0.2) is 34.4 Å². The number of ether oxygens (including phenoxy) is 1. The van der Waals surface area contributed by atoms with Crippen LogP contribution in [0.3, 0.4) is 0 Å². The number of carbonyl (C=O) groups is 2. The van der Waals surface area contributed by atoms with Crippen molar-refractivity contribution in [3.8, 4) is 0 Å². The molecule has 0 heterocycles. The Morgan fingerprint density at radius 2 is 1.74 bits per heavy atom. The molecule has 0 aliphatic heterocycles. The Morgan fingerprint density at radius 3 is 2.05 bits per heavy atom. The van der Waals surface area contributed by atoms with E-state index in [0.29, 0.717) is 4.86 Å². The van der Waals surface area contributed by atoms with Gasteiger partial charge < -0.3 is 15.8 Å². The standard InChI is InChI=1S/C13H24N2O3S/c1-8(19)10(11(17)18-12(2,3)4)13(5,6)15-9(16)7-14/h10H,7,14H2,1-6H3,(H,15,16). The number of esters is 1. The van der Waals surface area contributed by atoms with Crippen LogP contribution in [0.4, 0.5) is 0 Å². The van der Waals surface area contributed by atoms with Crippen LogP contribution in [0.15, 0.2) is 0 Å². The fourth-order valence-electron chi connectivity index (χ4n) is 1.81. The minimum atomic E-state index is -0.843. The second kappa shape index (κ2) is 6.43. The molecule has 0 aliphatic carbocycles. The van der Waals surface area contributed by atoms with Crippen LogP contribution in [0.25, 0.3) is 0 Å². The summed E-state index contributed by atoms with van der Waals surface area (Å²) in [6.07, 6.45) is 0. The molecule has 1 atom stereocenters. The summed E-state index contributed by atoms with van der Waals surface area (Å²) in [7, 11) is 0. The molecule has 0 saturated carbocycles. The van der Waals surface area contributed by atoms with Crippen LogP contribution in [0, 0.1) is 5.92 Å². The average Bonchev–Trinajstić information content (AvgIpc) is 2.11. The van der Waals surface area contributed by atoms with Gasteiger partial charge in [-0.15, -0.1) is 0 Å². The molecule has 5 nitrogen and oxygen atoms in total. The summed E-state index contributed by atoms with van der Waals surface area (Å²) in [4.78, 5) is 24.1. The van der Waals surface area contributed by atoms with Crippen molar-refractivity contribution in [1.82, 2.24) is 5.32 Å². The lowest BCUT2D eigenvalue weighted by Gasteiger charge is -2.35. The van der Waals surface area contributed by atoms with E-state index >= 15 is 0 Å². The highest BCUT2D eigenvalue weighted by atomic mass is 32.1. The molecule has 0 aliphatic rings. The maximum atomic E-state index is 12.2. The SMILES string of the molecule is CC(=S)C(C(=O)OC(C)(C)C)C(C)(C)NC(=O)CN. The van der Waals surface area contributed by atoms with Gasteiger partial charge in [0.25, 0.3) is 0 Å². The molecule has 0 bridgehead atoms. The lowest BCUT2D eigenvalue weighted by atomic mass is 9.85. The lowest BCUT2D eigenvalue weighted by Crippen LogP contribution is -2.56. The summed E-state index contributed by atoms with van der Waals surface area (Å²) in [5.41, 5.74) is 3.83. The molecule has 1 amide bonds. The molecule has 0 aromatic heterocycles. The number of carbonyl (C=O) groups excluding carboxylic acids is 2. The molecule has 0 saturated heterocycles. The van der Waals surface area contributed by atoms with Crippen LogP contribution in [0.2, 0.25) is 0 Å². The number of rotatable bonds is 5. The van der Waals surface area contributed by atoms with Gasteiger partial charge in [0.2, 0.25) is 5.91 Å². The lowest BCUT2D eigenvalue weighted by molar-refractivity contribution is -0.159. The highest BCUT2D eigenvalue weighted by Crippen LogP contribution is 2.23. The molecule has 110 valence electrons. The monoisotopic (exact) mass is 288 g/mol. The summed E-state index contributed by atoms with van der Waals surface area (Å²) >= 11 is 5.14. The van der Waals surface area contributed by atoms with E-state index in [1.54, 1.807) is 41.5 Å². The van der Waals surface area contributed by atoms with E-state index in [9.17, 15) is 9.59 Å². The number of hydrogen-bond donors (Lipinski definition) is 2. The van der Waals surface area contributed by atoms with E-state index in [-0.39, 0.29) is 12.5 Å². The Labute approximate surface area is 120 Å². The van der Waals surface area contributed by atoms with E-state index in [4.69, 9.17) is 22.7 Å². The van der Waals surface area contributed by atoms with Gasteiger partial charge in [0.1, 0.15) is 11.5 Å². The van der Waals surface area contributed by atoms with Crippen molar-refractivity contribution in [3.05, 3.63) is 0 Å². The van der Waals surface area contributed by atoms with Gasteiger partial charge in [-0.2, -0.15) is 0 Å². The number of nitrogens with two attached hydrogens (primary N) is 1. The van der Waals surface area contributed by atoms with E-state index in [2.05, 4.69) is 5.32 Å². The van der Waals surface area contributed by atoms with Gasteiger partial charge in [0.05, 0.1) is 12.1 Å². The summed E-state index contributed by atoms with van der Waals surface area (Å²) < 4.78 is 5.35. The smallest absolute Gasteiger partial charge is 0.316 e. The zero-order valence-corrected chi connectivity index (χ0v) is 13.3. The van der Waals surface area contributed by atoms with Gasteiger partial charge in [0.15, 0.2) is 0 Å². The first-order valence-corrected chi connectivity index (χ1v) is 6.56. The molecule has 0 radical (unpaired) electrons. The Balaban J connectivity index is 5.15. The van der Waals surface area contributed by atoms with Crippen LogP contribution >= 0.6 is 12.2 Å². The Morgan fingerprint density at radius 1 is 1.26 bits per heavy atom. The zero-order chi connectivity index (χ0) is 15.4. The third-order valence-corrected chi connectivity index (χ3v) is 2.65. The van der Waals surface area contributed by atoms with Gasteiger partial charge >= 0.3 is 5.97 Å². The van der Waals surface area contributed by atoms with Gasteiger partial charge in [-0.1, -0.05) is 12.2 Å². The molecule has 3 N–H and O–H groups in total. The van der Waals surface area contributed by atoms with Gasteiger partial charge in [-0.25, -0.2) is 0 Å². The average molecular weight is 288 g/mol. The predicted octanol–water partition coefficient (Wildman–Crippen LogP) is 1.19. The van der Waals surface area contributed by atoms with Crippen molar-refractivity contribution in [2.24, 2.45) is 11.7 Å². The number of thiocarbonyl (C=S) groups is 1. The van der Waals surface area contributed by atoms with Crippen molar-refractivity contribution >= 4 is 29.0 Å². The highest BCUT2D eigenvalue weighted by Gasteiger charge is 2.40. The minimum Gasteiger partial charge on any atom is -0.459 e. The molecule has 0 fully saturated rings. The quantitative estimate of drug-likeness (QED) is 0.586. The molecule has 1 unspecified atom stereocenters. The molecule has 6 heteroatoms. The molecule has 19 heavy (non-hydrogen) atoms. The topological polar surface area (TPSA) is 81.4 Å². The van der Waals surface area contributed by atoms with E-state index in [1.807, 2.05) is 0 Å². The maximum Gasteiger partial charge on any atom is 0.316 e. The first-order chi connectivity index (χ1) is 8.40. The fraction of sp³-hybridized carbons (Fsp3) is 0.769. The second-order valence-electron chi connectivity index (χ2n) is 6.05. The molecule has 0 aromatic carbocycles. The summed E-state index contributed by atoms with van der Waals surface area (Å²) in [5.74, 6) is -1.48. The van der Waals surface area contributed by atoms with Crippen LogP contribution in [-0.2, 0) is 14.3 Å². The summed E-state index contributed by atoms with van der Waals surface area (Å²) in [6, 6.07) is 0. The molecule has 0 rings (SSSR count). The number of hydrogen-bond acceptors (Lipinski definition) is 5. The van der Waals surface area contributed by atoms with Crippen molar-refractivity contribution in [2.45, 2.75) is 52.7 Å². The highest BCUT2D eigenvalue weighted by molar-refractivity contribution is 7.80. The largest absolute Gasteiger partial charge is 0.459 e. The molecule has 0 spiro atoms. The third-order valence-electron chi connectivity index (χ3n) is 2.42. The predicted molar refractivity (Wildman–Crippen MR) is 78.9 cm³/mol. The number of nitrogens with one attached hydrogen (secondary N) is 1. The Hall–Kier alpha value is -1.01. The van der Waals surface area contributed by atoms with Crippen LogP contribution < -0.4 is 11.1 Å². The van der Waals surface area contributed by atoms with E-state index < -0.39 is 23.0 Å². The third kappa shape index (κ3) is 6.11. The van der Waals surface area contributed by atoms with Crippen LogP contribution in [0.1, 0.15) is 41.5 Å². The van der Waals surface area contributed by atoms with Gasteiger partial charge in [0, 0.05) is 4.86 Å². The number of amides is 1. The van der Waals surface area contributed by atoms with Crippen molar-refractivity contribution < 1.29 is 14.3 Å². The fourth-order valence-corrected chi connectivity index (χ4v) is 2.20. The zero-order valence-electron chi connectivity index (χ0n) is 12.5. The van der Waals surface area contributed by atoms with Gasteiger partial charge in [-0.3, -0.25) is 9.59 Å². The second-order valence-corrected chi connectivity index (χ2v) is 6.70. The summed E-state index contributed by atoms with van der Waals surface area (Å²) in [5, 5.41) is 2.70. The summed E-state index contributed by atoms with van der Waals surface area (Å²) in [6.45, 7) is 10.3. The van der Waals surface area contributed by atoms with Crippen molar-refractivity contribution in [2.75, 3.05) is 6.54 Å². The normalized spacial score (nSPS) is 13.6. The maximum absolute atomic E-state index is 12.2. The molecular weight excluding hydrogens is 264 g/mol. The van der Waals surface area contributed by atoms with E-state index in [1.165, 1.54) is 0 Å².